The van der Waals surface area contributed by atoms with Gasteiger partial charge in [-0.1, -0.05) is 0 Å². The van der Waals surface area contributed by atoms with Crippen molar-refractivity contribution in [3.8, 4) is 0 Å². The molecular weight excluding hydrogens is 383 g/mol. The normalized spacial score (nSPS) is 26.0. The van der Waals surface area contributed by atoms with Gasteiger partial charge in [-0.15, -0.1) is 0 Å². The van der Waals surface area contributed by atoms with Gasteiger partial charge in [-0.05, 0) is 0 Å². The molecule has 0 aromatic carbocycles. The predicted octanol–water partition coefficient (Wildman–Crippen LogP) is -0.636. The Morgan fingerprint density at radius 1 is 1.40 bits per heavy atom. The van der Waals surface area contributed by atoms with Gasteiger partial charge in [0.1, 0.15) is 12.3 Å². The molecule has 1 fully saturated rings. The molecule has 0 bridgehead atoms. The van der Waals surface area contributed by atoms with Crippen LogP contribution in [0.4, 0.5) is 17.6 Å². The summed E-state index contributed by atoms with van der Waals surface area (Å²) >= 11 is 0. The number of rotatable bonds is 4. The predicted molar refractivity (Wildman–Crippen MR) is 68.8 cm³/mol. The molecule has 0 spiro atoms. The van der Waals surface area contributed by atoms with E-state index in [-0.39, 0.29) is 0 Å². The van der Waals surface area contributed by atoms with Crippen LogP contribution < -0.4 is 11.2 Å². The molecule has 25 heavy (non-hydrogen) atoms. The van der Waals surface area contributed by atoms with Crippen molar-refractivity contribution >= 4 is 7.82 Å². The molecule has 2 heterocycles. The Kier molecular flexibility index (Phi) is 5.23. The number of hydrogen-bond acceptors (Lipinski definition) is 6. The van der Waals surface area contributed by atoms with Gasteiger partial charge in [-0.3, -0.25) is 18.9 Å². The maximum atomic E-state index is 13.2. The maximum absolute atomic E-state index is 13.2. The number of H-pyrrole nitrogens is 1. The topological polar surface area (TPSA) is 151 Å². The van der Waals surface area contributed by atoms with Crippen LogP contribution in [-0.2, 0) is 13.8 Å². The first-order chi connectivity index (χ1) is 11.3. The second-order valence-electron chi connectivity index (χ2n) is 5.06. The van der Waals surface area contributed by atoms with Crippen LogP contribution in [-0.4, -0.2) is 48.9 Å². The van der Waals surface area contributed by atoms with E-state index < -0.39 is 62.0 Å². The minimum atomic E-state index is -5.60. The van der Waals surface area contributed by atoms with Crippen molar-refractivity contribution in [2.45, 2.75) is 37.1 Å². The highest BCUT2D eigenvalue weighted by atomic mass is 31.2. The minimum absolute atomic E-state index is 0.368. The summed E-state index contributed by atoms with van der Waals surface area (Å²) in [6.45, 7) is 0. The fraction of sp³-hybridized carbons (Fsp3) is 0.600. The van der Waals surface area contributed by atoms with Crippen LogP contribution in [0.15, 0.2) is 15.8 Å². The van der Waals surface area contributed by atoms with Crippen molar-refractivity contribution in [3.63, 3.8) is 0 Å². The first kappa shape index (κ1) is 19.8. The number of ether oxygens (including phenoxy) is 1. The van der Waals surface area contributed by atoms with Crippen LogP contribution in [0.25, 0.3) is 0 Å². The molecule has 142 valence electrons. The maximum Gasteiger partial charge on any atom is 0.470 e. The number of aromatic amines is 1. The molecule has 1 saturated heterocycles. The van der Waals surface area contributed by atoms with Gasteiger partial charge in [-0.25, -0.2) is 9.36 Å². The molecule has 1 aliphatic rings. The first-order valence-corrected chi connectivity index (χ1v) is 7.98. The summed E-state index contributed by atoms with van der Waals surface area (Å²) in [6.07, 6.45) is -14.7. The number of phosphoric ester groups is 1. The van der Waals surface area contributed by atoms with E-state index in [4.69, 9.17) is 14.5 Å². The second kappa shape index (κ2) is 6.63. The number of halogens is 4. The average molecular weight is 394 g/mol. The lowest BCUT2D eigenvalue weighted by molar-refractivity contribution is -0.239. The van der Waals surface area contributed by atoms with E-state index >= 15 is 0 Å². The molecule has 0 radical (unpaired) electrons. The highest BCUT2D eigenvalue weighted by Crippen LogP contribution is 2.46. The zero-order valence-corrected chi connectivity index (χ0v) is 12.8. The van der Waals surface area contributed by atoms with Crippen molar-refractivity contribution in [2.75, 3.05) is 0 Å². The lowest BCUT2D eigenvalue weighted by Gasteiger charge is -2.27. The fourth-order valence-electron chi connectivity index (χ4n) is 2.25. The number of aliphatic hydroxyl groups excluding tert-OH is 1. The Balaban J connectivity index is 2.33. The monoisotopic (exact) mass is 394 g/mol. The molecule has 1 aromatic heterocycles. The number of phosphoric acid groups is 1. The largest absolute Gasteiger partial charge is 0.470 e. The smallest absolute Gasteiger partial charge is 0.390 e. The van der Waals surface area contributed by atoms with Gasteiger partial charge >= 0.3 is 19.7 Å². The number of aromatic nitrogens is 2. The SMILES string of the molecule is O=c1[nH]c(=O)n([C@H]2C[C@H](O)[C@@H](C(OP(=O)(O)O)C(F)(F)F)O2)cc1F. The Morgan fingerprint density at radius 2 is 2.00 bits per heavy atom. The van der Waals surface area contributed by atoms with Crippen molar-refractivity contribution in [2.24, 2.45) is 0 Å². The summed E-state index contributed by atoms with van der Waals surface area (Å²) in [5.74, 6) is -1.43. The average Bonchev–Trinajstić information content (AvgIpc) is 2.79. The molecule has 1 aliphatic heterocycles. The van der Waals surface area contributed by atoms with Crippen LogP contribution in [0.3, 0.4) is 0 Å². The Hall–Kier alpha value is -1.57. The van der Waals surface area contributed by atoms with E-state index in [1.54, 1.807) is 4.98 Å². The van der Waals surface area contributed by atoms with Crippen molar-refractivity contribution in [1.29, 1.82) is 0 Å². The number of aliphatic hydroxyl groups is 1. The first-order valence-electron chi connectivity index (χ1n) is 6.45. The summed E-state index contributed by atoms with van der Waals surface area (Å²) in [4.78, 5) is 41.3. The molecule has 0 saturated carbocycles. The third-order valence-electron chi connectivity index (χ3n) is 3.24. The molecule has 0 aliphatic carbocycles. The molecule has 10 nitrogen and oxygen atoms in total. The van der Waals surface area contributed by atoms with Crippen molar-refractivity contribution in [1.82, 2.24) is 9.55 Å². The zero-order chi connectivity index (χ0) is 19.2. The van der Waals surface area contributed by atoms with Crippen LogP contribution in [0.1, 0.15) is 12.6 Å². The quantitative estimate of drug-likeness (QED) is 0.389. The van der Waals surface area contributed by atoms with E-state index in [0.717, 1.165) is 0 Å². The summed E-state index contributed by atoms with van der Waals surface area (Å²) < 4.78 is 71.7. The Morgan fingerprint density at radius 3 is 2.52 bits per heavy atom. The highest BCUT2D eigenvalue weighted by molar-refractivity contribution is 7.46. The van der Waals surface area contributed by atoms with Gasteiger partial charge in [0.2, 0.25) is 5.82 Å². The van der Waals surface area contributed by atoms with Crippen LogP contribution in [0.5, 0.6) is 0 Å². The van der Waals surface area contributed by atoms with E-state index in [1.807, 2.05) is 0 Å². The third-order valence-corrected chi connectivity index (χ3v) is 3.74. The standard InChI is InChI=1S/C10H11F4N2O8P/c11-3-2-16(9(19)15-8(3)18)5-1-4(17)6(23-5)7(10(12,13)14)24-25(20,21)22/h2,4-7,17H,1H2,(H,15,18,19)(H2,20,21,22)/t4-,5+,6-,7?/m0/s1. The lowest BCUT2D eigenvalue weighted by Crippen LogP contribution is -2.46. The van der Waals surface area contributed by atoms with Crippen LogP contribution >= 0.6 is 7.82 Å². The highest BCUT2D eigenvalue weighted by Gasteiger charge is 2.55. The zero-order valence-electron chi connectivity index (χ0n) is 11.9. The fourth-order valence-corrected chi connectivity index (χ4v) is 2.78. The van der Waals surface area contributed by atoms with Gasteiger partial charge in [0.25, 0.3) is 5.56 Å². The van der Waals surface area contributed by atoms with E-state index in [9.17, 15) is 36.8 Å². The molecule has 0 amide bonds. The third kappa shape index (κ3) is 4.54. The second-order valence-corrected chi connectivity index (χ2v) is 6.25. The number of nitrogens with one attached hydrogen (secondary N) is 1. The van der Waals surface area contributed by atoms with Crippen LogP contribution in [0.2, 0.25) is 0 Å². The lowest BCUT2D eigenvalue weighted by atomic mass is 10.1. The van der Waals surface area contributed by atoms with Crippen LogP contribution in [0, 0.1) is 5.82 Å². The van der Waals surface area contributed by atoms with Gasteiger partial charge < -0.3 is 19.6 Å². The van der Waals surface area contributed by atoms with E-state index in [2.05, 4.69) is 4.52 Å². The number of nitrogens with zero attached hydrogens (tertiary/aromatic N) is 1. The Bertz CT molecular complexity index is 801. The van der Waals surface area contributed by atoms with Crippen molar-refractivity contribution < 1.29 is 46.3 Å². The molecule has 2 rings (SSSR count). The molecular formula is C10H11F4N2O8P. The van der Waals surface area contributed by atoms with E-state index in [0.29, 0.717) is 10.8 Å². The number of alkyl halides is 3. The van der Waals surface area contributed by atoms with Gasteiger partial charge in [0, 0.05) is 6.42 Å². The van der Waals surface area contributed by atoms with E-state index in [1.165, 1.54) is 0 Å². The molecule has 15 heteroatoms. The summed E-state index contributed by atoms with van der Waals surface area (Å²) in [6, 6.07) is 0. The molecule has 4 N–H and O–H groups in total. The number of hydrogen-bond donors (Lipinski definition) is 4. The van der Waals surface area contributed by atoms with Crippen molar-refractivity contribution in [3.05, 3.63) is 32.9 Å². The summed E-state index contributed by atoms with van der Waals surface area (Å²) in [5.41, 5.74) is -2.59. The summed E-state index contributed by atoms with van der Waals surface area (Å²) in [7, 11) is -5.60. The summed E-state index contributed by atoms with van der Waals surface area (Å²) in [5, 5.41) is 9.73. The Labute approximate surface area is 134 Å². The molecule has 1 unspecified atom stereocenters. The van der Waals surface area contributed by atoms with Gasteiger partial charge in [-0.2, -0.15) is 17.6 Å². The molecule has 1 aromatic rings. The van der Waals surface area contributed by atoms with Gasteiger partial charge in [0.05, 0.1) is 12.3 Å². The minimum Gasteiger partial charge on any atom is -0.390 e. The van der Waals surface area contributed by atoms with Gasteiger partial charge in [0.15, 0.2) is 6.10 Å². The molecule has 4 atom stereocenters.